The van der Waals surface area contributed by atoms with Crippen LogP contribution < -0.4 is 0 Å². The average Bonchev–Trinajstić information content (AvgIpc) is 1.92. The molecule has 2 nitrogen and oxygen atoms in total. The van der Waals surface area contributed by atoms with Crippen molar-refractivity contribution in [2.24, 2.45) is 0 Å². The first-order chi connectivity index (χ1) is 5.41. The Morgan fingerprint density at radius 3 is 2.33 bits per heavy atom. The van der Waals surface area contributed by atoms with Crippen LogP contribution in [-0.2, 0) is 6.11 Å². The molecule has 66 valence electrons. The number of aryl methyl sites for hydroxylation is 1. The molecule has 0 bridgehead atoms. The van der Waals surface area contributed by atoms with Gasteiger partial charge in [-0.25, -0.2) is 0 Å². The average molecular weight is 174 g/mol. The number of phenolic OH excluding ortho intramolecular Hbond substituents is 1. The van der Waals surface area contributed by atoms with Gasteiger partial charge in [-0.1, -0.05) is 11.6 Å². The number of aromatic hydroxyl groups is 1. The van der Waals surface area contributed by atoms with Gasteiger partial charge in [-0.15, -0.1) is 0 Å². The second kappa shape index (κ2) is 2.71. The van der Waals surface area contributed by atoms with E-state index in [1.165, 1.54) is 6.07 Å². The highest BCUT2D eigenvalue weighted by Gasteiger charge is 2.30. The van der Waals surface area contributed by atoms with Crippen LogP contribution in [0.4, 0.5) is 8.78 Å². The van der Waals surface area contributed by atoms with Crippen molar-refractivity contribution in [2.45, 2.75) is 13.0 Å². The molecule has 0 fully saturated rings. The zero-order chi connectivity index (χ0) is 9.35. The summed E-state index contributed by atoms with van der Waals surface area (Å²) in [6.45, 7) is 1.59. The summed E-state index contributed by atoms with van der Waals surface area (Å²) in [4.78, 5) is 0. The number of halogens is 2. The van der Waals surface area contributed by atoms with Gasteiger partial charge >= 0.3 is 6.11 Å². The zero-order valence-corrected chi connectivity index (χ0v) is 6.38. The summed E-state index contributed by atoms with van der Waals surface area (Å²) in [5.74, 6) is -0.604. The normalized spacial score (nSPS) is 11.7. The van der Waals surface area contributed by atoms with E-state index in [0.29, 0.717) is 5.56 Å². The van der Waals surface area contributed by atoms with Crippen molar-refractivity contribution in [3.63, 3.8) is 0 Å². The fraction of sp³-hybridized carbons (Fsp3) is 0.250. The SMILES string of the molecule is Cc1ccc(O)c(C(O)(F)F)c1. The molecule has 0 amide bonds. The highest BCUT2D eigenvalue weighted by Crippen LogP contribution is 2.32. The number of alkyl halides is 2. The Bertz CT molecular complexity index is 292. The van der Waals surface area contributed by atoms with Crippen molar-refractivity contribution in [1.82, 2.24) is 0 Å². The molecule has 0 spiro atoms. The fourth-order valence-electron chi connectivity index (χ4n) is 0.891. The van der Waals surface area contributed by atoms with Crippen LogP contribution in [0.15, 0.2) is 18.2 Å². The van der Waals surface area contributed by atoms with Crippen LogP contribution in [0.5, 0.6) is 5.75 Å². The molecule has 0 aliphatic rings. The van der Waals surface area contributed by atoms with Crippen molar-refractivity contribution in [1.29, 1.82) is 0 Å². The van der Waals surface area contributed by atoms with E-state index in [-0.39, 0.29) is 0 Å². The van der Waals surface area contributed by atoms with Crippen LogP contribution in [-0.4, -0.2) is 10.2 Å². The van der Waals surface area contributed by atoms with Gasteiger partial charge in [-0.05, 0) is 19.1 Å². The molecule has 1 rings (SSSR count). The predicted octanol–water partition coefficient (Wildman–Crippen LogP) is 1.74. The molecule has 2 N–H and O–H groups in total. The van der Waals surface area contributed by atoms with Crippen LogP contribution in [0.1, 0.15) is 11.1 Å². The van der Waals surface area contributed by atoms with Crippen molar-refractivity contribution in [3.8, 4) is 5.75 Å². The van der Waals surface area contributed by atoms with Crippen LogP contribution in [0.2, 0.25) is 0 Å². The van der Waals surface area contributed by atoms with E-state index >= 15 is 0 Å². The van der Waals surface area contributed by atoms with E-state index in [1.807, 2.05) is 0 Å². The summed E-state index contributed by atoms with van der Waals surface area (Å²) >= 11 is 0. The highest BCUT2D eigenvalue weighted by atomic mass is 19.3. The molecule has 0 saturated carbocycles. The van der Waals surface area contributed by atoms with Crippen LogP contribution in [0, 0.1) is 6.92 Å². The predicted molar refractivity (Wildman–Crippen MR) is 39.0 cm³/mol. The standard InChI is InChI=1S/C8H8F2O2/c1-5-2-3-7(11)6(4-5)8(9,10)12/h2-4,11-12H,1H3. The fourth-order valence-corrected chi connectivity index (χ4v) is 0.891. The number of phenols is 1. The van der Waals surface area contributed by atoms with E-state index in [2.05, 4.69) is 0 Å². The third-order valence-electron chi connectivity index (χ3n) is 1.48. The Balaban J connectivity index is 3.23. The van der Waals surface area contributed by atoms with Crippen molar-refractivity contribution >= 4 is 0 Å². The molecule has 0 aromatic heterocycles. The summed E-state index contributed by atoms with van der Waals surface area (Å²) in [5.41, 5.74) is -0.209. The van der Waals surface area contributed by atoms with Gasteiger partial charge in [0.15, 0.2) is 0 Å². The minimum Gasteiger partial charge on any atom is -0.507 e. The molecule has 0 unspecified atom stereocenters. The van der Waals surface area contributed by atoms with E-state index in [4.69, 9.17) is 10.2 Å². The Morgan fingerprint density at radius 2 is 1.92 bits per heavy atom. The van der Waals surface area contributed by atoms with Gasteiger partial charge in [0, 0.05) is 0 Å². The summed E-state index contributed by atoms with van der Waals surface area (Å²) in [7, 11) is 0. The number of hydrogen-bond acceptors (Lipinski definition) is 2. The van der Waals surface area contributed by atoms with Crippen LogP contribution >= 0.6 is 0 Å². The van der Waals surface area contributed by atoms with Gasteiger partial charge in [-0.2, -0.15) is 8.78 Å². The smallest absolute Gasteiger partial charge is 0.384 e. The molecule has 0 saturated heterocycles. The summed E-state index contributed by atoms with van der Waals surface area (Å²) < 4.78 is 24.6. The van der Waals surface area contributed by atoms with Crippen LogP contribution in [0.3, 0.4) is 0 Å². The quantitative estimate of drug-likeness (QED) is 0.680. The highest BCUT2D eigenvalue weighted by molar-refractivity contribution is 5.37. The lowest BCUT2D eigenvalue weighted by atomic mass is 10.1. The number of hydrogen-bond donors (Lipinski definition) is 2. The first-order valence-corrected chi connectivity index (χ1v) is 3.31. The van der Waals surface area contributed by atoms with Gasteiger partial charge in [0.25, 0.3) is 0 Å². The van der Waals surface area contributed by atoms with Gasteiger partial charge in [0.1, 0.15) is 5.75 Å². The first-order valence-electron chi connectivity index (χ1n) is 3.31. The number of aliphatic hydroxyl groups is 1. The monoisotopic (exact) mass is 174 g/mol. The first kappa shape index (κ1) is 8.93. The molecule has 1 aromatic carbocycles. The Morgan fingerprint density at radius 1 is 1.33 bits per heavy atom. The largest absolute Gasteiger partial charge is 0.507 e. The summed E-state index contributed by atoms with van der Waals surface area (Å²) in [6.07, 6.45) is -3.98. The molecule has 0 heterocycles. The summed E-state index contributed by atoms with van der Waals surface area (Å²) in [5, 5.41) is 17.2. The molecule has 4 heteroatoms. The molecule has 0 atom stereocenters. The molecule has 12 heavy (non-hydrogen) atoms. The van der Waals surface area contributed by atoms with Crippen molar-refractivity contribution in [2.75, 3.05) is 0 Å². The van der Waals surface area contributed by atoms with E-state index in [9.17, 15) is 8.78 Å². The molecule has 0 aliphatic carbocycles. The molecule has 0 aliphatic heterocycles. The Labute approximate surface area is 68.1 Å². The molecular weight excluding hydrogens is 166 g/mol. The zero-order valence-electron chi connectivity index (χ0n) is 6.38. The van der Waals surface area contributed by atoms with Crippen molar-refractivity contribution < 1.29 is 19.0 Å². The molecule has 1 aromatic rings. The van der Waals surface area contributed by atoms with Crippen molar-refractivity contribution in [3.05, 3.63) is 29.3 Å². The van der Waals surface area contributed by atoms with Gasteiger partial charge in [-0.3, -0.25) is 0 Å². The van der Waals surface area contributed by atoms with Crippen LogP contribution in [0.25, 0.3) is 0 Å². The minimum absolute atomic E-state index is 0.552. The van der Waals surface area contributed by atoms with Gasteiger partial charge < -0.3 is 10.2 Å². The molecular formula is C8H8F2O2. The molecule has 0 radical (unpaired) electrons. The Hall–Kier alpha value is -1.16. The van der Waals surface area contributed by atoms with Gasteiger partial charge in [0.2, 0.25) is 0 Å². The maximum absolute atomic E-state index is 12.3. The second-order valence-corrected chi connectivity index (χ2v) is 2.56. The van der Waals surface area contributed by atoms with Gasteiger partial charge in [0.05, 0.1) is 5.56 Å². The topological polar surface area (TPSA) is 40.5 Å². The third-order valence-corrected chi connectivity index (χ3v) is 1.48. The second-order valence-electron chi connectivity index (χ2n) is 2.56. The number of benzene rings is 1. The maximum atomic E-state index is 12.3. The van der Waals surface area contributed by atoms with E-state index < -0.39 is 17.4 Å². The lowest BCUT2D eigenvalue weighted by Crippen LogP contribution is -2.11. The summed E-state index contributed by atoms with van der Waals surface area (Å²) in [6, 6.07) is 3.63. The Kier molecular flexibility index (Phi) is 2.02. The van der Waals surface area contributed by atoms with E-state index in [0.717, 1.165) is 12.1 Å². The number of rotatable bonds is 1. The maximum Gasteiger partial charge on any atom is 0.384 e. The lowest BCUT2D eigenvalue weighted by molar-refractivity contribution is -0.209. The third kappa shape index (κ3) is 1.71. The minimum atomic E-state index is -3.98. The lowest BCUT2D eigenvalue weighted by Gasteiger charge is -2.10. The van der Waals surface area contributed by atoms with E-state index in [1.54, 1.807) is 6.92 Å².